The second kappa shape index (κ2) is 8.27. The molecule has 1 N–H and O–H groups in total. The van der Waals surface area contributed by atoms with E-state index >= 15 is 0 Å². The second-order valence-electron chi connectivity index (χ2n) is 4.73. The lowest BCUT2D eigenvalue weighted by Gasteiger charge is -2.37. The largest absolute Gasteiger partial charge is 0.466 e. The highest BCUT2D eigenvalue weighted by atomic mass is 16.5. The van der Waals surface area contributed by atoms with Crippen LogP contribution in [0.4, 0.5) is 0 Å². The zero-order valence-electron chi connectivity index (χ0n) is 11.5. The summed E-state index contributed by atoms with van der Waals surface area (Å²) in [5.74, 6) is -0.229. The van der Waals surface area contributed by atoms with E-state index in [-0.39, 0.29) is 12.6 Å². The van der Waals surface area contributed by atoms with Gasteiger partial charge in [-0.05, 0) is 25.7 Å². The molecule has 18 heavy (non-hydrogen) atoms. The molecule has 1 rings (SSSR count). The van der Waals surface area contributed by atoms with Crippen LogP contribution in [0.5, 0.6) is 0 Å². The zero-order valence-corrected chi connectivity index (χ0v) is 11.5. The van der Waals surface area contributed by atoms with E-state index in [0.29, 0.717) is 12.5 Å². The second-order valence-corrected chi connectivity index (χ2v) is 4.73. The normalized spacial score (nSPS) is 16.8. The maximum atomic E-state index is 11.5. The number of rotatable bonds is 8. The van der Waals surface area contributed by atoms with Crippen LogP contribution < -0.4 is 0 Å². The van der Waals surface area contributed by atoms with Crippen LogP contribution in [0.2, 0.25) is 0 Å². The van der Waals surface area contributed by atoms with E-state index in [1.807, 2.05) is 13.0 Å². The molecule has 4 heteroatoms. The average Bonchev–Trinajstić information content (AvgIpc) is 2.33. The Kier molecular flexibility index (Phi) is 6.98. The Labute approximate surface area is 110 Å². The van der Waals surface area contributed by atoms with Gasteiger partial charge in [0.1, 0.15) is 0 Å². The van der Waals surface area contributed by atoms with Gasteiger partial charge in [0.25, 0.3) is 0 Å². The molecule has 0 unspecified atom stereocenters. The molecule has 0 bridgehead atoms. The van der Waals surface area contributed by atoms with Crippen LogP contribution in [-0.2, 0) is 9.53 Å². The molecule has 0 aliphatic heterocycles. The SMILES string of the molecule is CCC(=CCN(CCCO)C1CCC1)C(=O)OC. The lowest BCUT2D eigenvalue weighted by atomic mass is 9.91. The van der Waals surface area contributed by atoms with Gasteiger partial charge in [-0.1, -0.05) is 19.4 Å². The number of nitrogens with zero attached hydrogens (tertiary/aromatic N) is 1. The molecule has 0 amide bonds. The van der Waals surface area contributed by atoms with Crippen molar-refractivity contribution in [1.29, 1.82) is 0 Å². The van der Waals surface area contributed by atoms with Crippen molar-refractivity contribution in [3.8, 4) is 0 Å². The molecular weight excluding hydrogens is 230 g/mol. The van der Waals surface area contributed by atoms with Crippen LogP contribution in [-0.4, -0.2) is 48.8 Å². The Morgan fingerprint density at radius 2 is 2.22 bits per heavy atom. The number of carbonyl (C=O) groups excluding carboxylic acids is 1. The van der Waals surface area contributed by atoms with E-state index in [1.54, 1.807) is 0 Å². The van der Waals surface area contributed by atoms with Crippen molar-refractivity contribution in [2.75, 3.05) is 26.8 Å². The van der Waals surface area contributed by atoms with Crippen molar-refractivity contribution in [2.45, 2.75) is 45.1 Å². The lowest BCUT2D eigenvalue weighted by molar-refractivity contribution is -0.136. The number of ether oxygens (including phenoxy) is 1. The van der Waals surface area contributed by atoms with Crippen molar-refractivity contribution in [3.05, 3.63) is 11.6 Å². The van der Waals surface area contributed by atoms with Gasteiger partial charge in [-0.2, -0.15) is 0 Å². The summed E-state index contributed by atoms with van der Waals surface area (Å²) in [5, 5.41) is 8.92. The lowest BCUT2D eigenvalue weighted by Crippen LogP contribution is -2.41. The highest BCUT2D eigenvalue weighted by Gasteiger charge is 2.23. The van der Waals surface area contributed by atoms with Gasteiger partial charge < -0.3 is 9.84 Å². The Hall–Kier alpha value is -0.870. The molecule has 1 aliphatic rings. The zero-order chi connectivity index (χ0) is 13.4. The summed E-state index contributed by atoms with van der Waals surface area (Å²) >= 11 is 0. The number of methoxy groups -OCH3 is 1. The number of hydrogen-bond donors (Lipinski definition) is 1. The van der Waals surface area contributed by atoms with Crippen LogP contribution in [0.3, 0.4) is 0 Å². The van der Waals surface area contributed by atoms with Crippen LogP contribution in [0, 0.1) is 0 Å². The van der Waals surface area contributed by atoms with E-state index in [4.69, 9.17) is 9.84 Å². The molecule has 1 fully saturated rings. The van der Waals surface area contributed by atoms with Gasteiger partial charge in [-0.25, -0.2) is 4.79 Å². The molecule has 4 nitrogen and oxygen atoms in total. The molecule has 0 saturated heterocycles. The molecule has 104 valence electrons. The van der Waals surface area contributed by atoms with Gasteiger partial charge in [-0.3, -0.25) is 4.90 Å². The van der Waals surface area contributed by atoms with Crippen molar-refractivity contribution >= 4 is 5.97 Å². The molecule has 0 aromatic heterocycles. The topological polar surface area (TPSA) is 49.8 Å². The van der Waals surface area contributed by atoms with Gasteiger partial charge in [-0.15, -0.1) is 0 Å². The molecule has 1 saturated carbocycles. The van der Waals surface area contributed by atoms with Gasteiger partial charge in [0.15, 0.2) is 0 Å². The fraction of sp³-hybridized carbons (Fsp3) is 0.786. The molecule has 0 spiro atoms. The predicted octanol–water partition coefficient (Wildman–Crippen LogP) is 1.73. The van der Waals surface area contributed by atoms with Crippen molar-refractivity contribution < 1.29 is 14.6 Å². The van der Waals surface area contributed by atoms with Crippen molar-refractivity contribution in [2.24, 2.45) is 0 Å². The minimum absolute atomic E-state index is 0.227. The van der Waals surface area contributed by atoms with Gasteiger partial charge in [0, 0.05) is 31.3 Å². The highest BCUT2D eigenvalue weighted by molar-refractivity contribution is 5.88. The van der Waals surface area contributed by atoms with Crippen molar-refractivity contribution in [1.82, 2.24) is 4.90 Å². The van der Waals surface area contributed by atoms with Crippen LogP contribution in [0.1, 0.15) is 39.0 Å². The summed E-state index contributed by atoms with van der Waals surface area (Å²) in [6.07, 6.45) is 7.23. The average molecular weight is 255 g/mol. The summed E-state index contributed by atoms with van der Waals surface area (Å²) in [7, 11) is 1.42. The molecule has 0 atom stereocenters. The van der Waals surface area contributed by atoms with Gasteiger partial charge in [0.2, 0.25) is 0 Å². The fourth-order valence-corrected chi connectivity index (χ4v) is 2.18. The first-order valence-corrected chi connectivity index (χ1v) is 6.85. The third-order valence-electron chi connectivity index (χ3n) is 3.60. The number of hydrogen-bond acceptors (Lipinski definition) is 4. The summed E-state index contributed by atoms with van der Waals surface area (Å²) in [6.45, 7) is 3.87. The first-order valence-electron chi connectivity index (χ1n) is 6.85. The van der Waals surface area contributed by atoms with E-state index in [1.165, 1.54) is 26.4 Å². The van der Waals surface area contributed by atoms with E-state index < -0.39 is 0 Å². The maximum Gasteiger partial charge on any atom is 0.333 e. The Balaban J connectivity index is 2.52. The Morgan fingerprint density at radius 3 is 2.67 bits per heavy atom. The predicted molar refractivity (Wildman–Crippen MR) is 71.3 cm³/mol. The van der Waals surface area contributed by atoms with Crippen LogP contribution in [0.15, 0.2) is 11.6 Å². The number of aliphatic hydroxyl groups excluding tert-OH is 1. The van der Waals surface area contributed by atoms with Gasteiger partial charge >= 0.3 is 5.97 Å². The third-order valence-corrected chi connectivity index (χ3v) is 3.60. The summed E-state index contributed by atoms with van der Waals surface area (Å²) in [6, 6.07) is 0.628. The number of esters is 1. The molecule has 0 aromatic rings. The highest BCUT2D eigenvalue weighted by Crippen LogP contribution is 2.25. The number of aliphatic hydroxyl groups is 1. The van der Waals surface area contributed by atoms with Crippen LogP contribution >= 0.6 is 0 Å². The molecule has 1 aliphatic carbocycles. The summed E-state index contributed by atoms with van der Waals surface area (Å²) < 4.78 is 4.75. The minimum atomic E-state index is -0.229. The van der Waals surface area contributed by atoms with E-state index in [0.717, 1.165) is 25.1 Å². The number of carbonyl (C=O) groups is 1. The Morgan fingerprint density at radius 1 is 1.50 bits per heavy atom. The molecule has 0 aromatic carbocycles. The molecule has 0 radical (unpaired) electrons. The summed E-state index contributed by atoms with van der Waals surface area (Å²) in [4.78, 5) is 13.8. The van der Waals surface area contributed by atoms with Crippen molar-refractivity contribution in [3.63, 3.8) is 0 Å². The smallest absolute Gasteiger partial charge is 0.333 e. The third kappa shape index (κ3) is 4.42. The summed E-state index contributed by atoms with van der Waals surface area (Å²) in [5.41, 5.74) is 0.742. The minimum Gasteiger partial charge on any atom is -0.466 e. The van der Waals surface area contributed by atoms with E-state index in [9.17, 15) is 4.79 Å². The monoisotopic (exact) mass is 255 g/mol. The van der Waals surface area contributed by atoms with Crippen LogP contribution in [0.25, 0.3) is 0 Å². The quantitative estimate of drug-likeness (QED) is 0.530. The maximum absolute atomic E-state index is 11.5. The standard InChI is InChI=1S/C14H25NO3/c1-3-12(14(17)18-2)8-10-15(9-5-11-16)13-6-4-7-13/h8,13,16H,3-7,9-11H2,1-2H3. The first-order chi connectivity index (χ1) is 8.72. The molecular formula is C14H25NO3. The first kappa shape index (κ1) is 15.2. The Bertz CT molecular complexity index is 285. The molecule has 0 heterocycles. The fourth-order valence-electron chi connectivity index (χ4n) is 2.18. The van der Waals surface area contributed by atoms with Gasteiger partial charge in [0.05, 0.1) is 7.11 Å². The van der Waals surface area contributed by atoms with E-state index in [2.05, 4.69) is 4.90 Å².